The maximum absolute atomic E-state index is 8.47. The molecule has 0 bridgehead atoms. The van der Waals surface area contributed by atoms with Gasteiger partial charge in [-0.1, -0.05) is 6.92 Å². The fourth-order valence-electron chi connectivity index (χ4n) is 0.144. The number of hydrogen-bond acceptors (Lipinski definition) is 3. The largest absolute Gasteiger partial charge is 1.00 e. The Morgan fingerprint density at radius 3 is 1.78 bits per heavy atom. The number of halogens is 1. The summed E-state index contributed by atoms with van der Waals surface area (Å²) in [6, 6.07) is 0. The van der Waals surface area contributed by atoms with Crippen LogP contribution in [0.5, 0.6) is 0 Å². The Bertz CT molecular complexity index is 53.8. The summed E-state index contributed by atoms with van der Waals surface area (Å²) in [5.41, 5.74) is 0. The first-order valence-electron chi connectivity index (χ1n) is 2.12. The molecule has 2 N–H and O–H groups in total. The van der Waals surface area contributed by atoms with Gasteiger partial charge in [-0.2, -0.15) is 0 Å². The van der Waals surface area contributed by atoms with Gasteiger partial charge in [0.15, 0.2) is 0 Å². The van der Waals surface area contributed by atoms with Crippen LogP contribution in [0.4, 0.5) is 0 Å². The third-order valence-corrected chi connectivity index (χ3v) is 0.787. The van der Waals surface area contributed by atoms with Crippen LogP contribution in [0, 0.1) is 0 Å². The monoisotopic (exact) mass is 208 g/mol. The maximum Gasteiger partial charge on any atom is 1.00 e. The predicted molar refractivity (Wildman–Crippen MR) is 24.5 cm³/mol. The van der Waals surface area contributed by atoms with E-state index < -0.39 is 5.97 Å². The molecule has 5 heteroatoms. The third-order valence-electron chi connectivity index (χ3n) is 0.787. The first kappa shape index (κ1) is 16.8. The molecule has 0 aromatic heterocycles. The summed E-state index contributed by atoms with van der Waals surface area (Å²) in [6.45, 7) is 1.61. The Balaban J connectivity index is -0.000000180. The molecule has 0 heterocycles. The van der Waals surface area contributed by atoms with Crippen molar-refractivity contribution in [3.8, 4) is 0 Å². The molecule has 0 saturated carbocycles. The normalized spacial score (nSPS) is 9.33. The zero-order valence-corrected chi connectivity index (χ0v) is 9.47. The van der Waals surface area contributed by atoms with Crippen molar-refractivity contribution in [3.63, 3.8) is 0 Å². The standard InChI is InChI=1S/C4H10O3.BrH.Na/c1-3-4(5,6)7-2;;/h5-6H,3H2,1-2H3;1H;/q;;+1/p-1. The maximum atomic E-state index is 8.47. The van der Waals surface area contributed by atoms with E-state index in [4.69, 9.17) is 10.2 Å². The molecule has 9 heavy (non-hydrogen) atoms. The quantitative estimate of drug-likeness (QED) is 0.351. The molecular formula is C4H10BrNaO3. The second kappa shape index (κ2) is 7.47. The van der Waals surface area contributed by atoms with Crippen molar-refractivity contribution in [1.29, 1.82) is 0 Å². The summed E-state index contributed by atoms with van der Waals surface area (Å²) in [5.74, 6) is -1.92. The minimum absolute atomic E-state index is 0. The Labute approximate surface area is 87.5 Å². The van der Waals surface area contributed by atoms with Crippen molar-refractivity contribution in [2.75, 3.05) is 7.11 Å². The molecule has 52 valence electrons. The molecule has 0 radical (unpaired) electrons. The van der Waals surface area contributed by atoms with Crippen LogP contribution in [0.3, 0.4) is 0 Å². The van der Waals surface area contributed by atoms with Gasteiger partial charge in [0.25, 0.3) is 5.97 Å². The van der Waals surface area contributed by atoms with E-state index in [1.807, 2.05) is 0 Å². The van der Waals surface area contributed by atoms with Crippen molar-refractivity contribution in [3.05, 3.63) is 0 Å². The van der Waals surface area contributed by atoms with E-state index >= 15 is 0 Å². The molecule has 0 saturated heterocycles. The molecule has 0 aromatic rings. The average Bonchev–Trinajstić information content (AvgIpc) is 1.68. The summed E-state index contributed by atoms with van der Waals surface area (Å²) in [5, 5.41) is 16.9. The molecule has 0 spiro atoms. The number of aliphatic hydroxyl groups is 2. The van der Waals surface area contributed by atoms with Gasteiger partial charge in [0.2, 0.25) is 0 Å². The average molecular weight is 209 g/mol. The molecule has 0 unspecified atom stereocenters. The van der Waals surface area contributed by atoms with E-state index in [2.05, 4.69) is 4.74 Å². The molecule has 0 aliphatic rings. The summed E-state index contributed by atoms with van der Waals surface area (Å²) < 4.78 is 4.20. The molecule has 0 amide bonds. The number of ether oxygens (including phenoxy) is 1. The zero-order valence-electron chi connectivity index (χ0n) is 5.89. The van der Waals surface area contributed by atoms with Gasteiger partial charge in [-0.15, -0.1) is 0 Å². The van der Waals surface area contributed by atoms with Crippen LogP contribution in [-0.2, 0) is 4.74 Å². The summed E-state index contributed by atoms with van der Waals surface area (Å²) in [4.78, 5) is 0. The van der Waals surface area contributed by atoms with Gasteiger partial charge in [0.1, 0.15) is 0 Å². The van der Waals surface area contributed by atoms with Gasteiger partial charge < -0.3 is 31.9 Å². The Kier molecular flexibility index (Phi) is 13.9. The zero-order chi connectivity index (χ0) is 5.91. The van der Waals surface area contributed by atoms with Gasteiger partial charge in [-0.3, -0.25) is 0 Å². The Morgan fingerprint density at radius 2 is 1.78 bits per heavy atom. The number of hydrogen-bond donors (Lipinski definition) is 2. The Morgan fingerprint density at radius 1 is 1.44 bits per heavy atom. The topological polar surface area (TPSA) is 49.7 Å². The minimum atomic E-state index is -1.92. The van der Waals surface area contributed by atoms with Crippen LogP contribution in [0.25, 0.3) is 0 Å². The van der Waals surface area contributed by atoms with Crippen LogP contribution in [-0.4, -0.2) is 23.3 Å². The van der Waals surface area contributed by atoms with Crippen LogP contribution >= 0.6 is 0 Å². The second-order valence-corrected chi connectivity index (χ2v) is 1.30. The minimum Gasteiger partial charge on any atom is -1.00 e. The molecule has 0 aliphatic heterocycles. The van der Waals surface area contributed by atoms with Crippen molar-refractivity contribution in [2.24, 2.45) is 0 Å². The first-order valence-corrected chi connectivity index (χ1v) is 2.12. The number of methoxy groups -OCH3 is 1. The fraction of sp³-hybridized carbons (Fsp3) is 1.00. The van der Waals surface area contributed by atoms with Crippen molar-refractivity contribution < 1.29 is 61.5 Å². The SMILES string of the molecule is CCC(O)(O)OC.[Br-].[Na+]. The summed E-state index contributed by atoms with van der Waals surface area (Å²) in [7, 11) is 1.24. The molecule has 0 aromatic carbocycles. The fourth-order valence-corrected chi connectivity index (χ4v) is 0.144. The van der Waals surface area contributed by atoms with E-state index in [9.17, 15) is 0 Å². The van der Waals surface area contributed by atoms with Gasteiger partial charge in [-0.05, 0) is 0 Å². The van der Waals surface area contributed by atoms with E-state index in [0.717, 1.165) is 0 Å². The van der Waals surface area contributed by atoms with Crippen molar-refractivity contribution in [1.82, 2.24) is 0 Å². The second-order valence-electron chi connectivity index (χ2n) is 1.30. The smallest absolute Gasteiger partial charge is 1.00 e. The summed E-state index contributed by atoms with van der Waals surface area (Å²) >= 11 is 0. The van der Waals surface area contributed by atoms with Gasteiger partial charge in [0, 0.05) is 13.5 Å². The van der Waals surface area contributed by atoms with Gasteiger partial charge >= 0.3 is 29.6 Å². The molecule has 0 rings (SSSR count). The van der Waals surface area contributed by atoms with Crippen molar-refractivity contribution >= 4 is 0 Å². The first-order chi connectivity index (χ1) is 3.12. The van der Waals surface area contributed by atoms with Gasteiger partial charge in [0.05, 0.1) is 0 Å². The molecule has 0 atom stereocenters. The van der Waals surface area contributed by atoms with Crippen LogP contribution in [0.2, 0.25) is 0 Å². The number of rotatable bonds is 2. The van der Waals surface area contributed by atoms with E-state index in [0.29, 0.717) is 0 Å². The molecule has 0 aliphatic carbocycles. The van der Waals surface area contributed by atoms with Crippen LogP contribution in [0.15, 0.2) is 0 Å². The Hall–Kier alpha value is 1.36. The van der Waals surface area contributed by atoms with Crippen LogP contribution in [0.1, 0.15) is 13.3 Å². The molecule has 0 fully saturated rings. The third kappa shape index (κ3) is 9.36. The predicted octanol–water partition coefficient (Wildman–Crippen LogP) is -6.31. The molecular weight excluding hydrogens is 199 g/mol. The van der Waals surface area contributed by atoms with E-state index in [1.54, 1.807) is 6.92 Å². The van der Waals surface area contributed by atoms with E-state index in [-0.39, 0.29) is 53.0 Å². The van der Waals surface area contributed by atoms with Crippen LogP contribution < -0.4 is 46.5 Å². The van der Waals surface area contributed by atoms with Crippen molar-refractivity contribution in [2.45, 2.75) is 19.3 Å². The van der Waals surface area contributed by atoms with E-state index in [1.165, 1.54) is 7.11 Å². The molecule has 3 nitrogen and oxygen atoms in total. The van der Waals surface area contributed by atoms with Gasteiger partial charge in [-0.25, -0.2) is 0 Å². The summed E-state index contributed by atoms with van der Waals surface area (Å²) in [6.07, 6.45) is 0.184.